The normalized spacial score (nSPS) is 34.8. The molecule has 2 aliphatic rings. The Morgan fingerprint density at radius 3 is 3.00 bits per heavy atom. The molecule has 0 aliphatic carbocycles. The van der Waals surface area contributed by atoms with Crippen molar-refractivity contribution in [3.63, 3.8) is 0 Å². The molecule has 3 atom stereocenters. The maximum atomic E-state index is 10.9. The van der Waals surface area contributed by atoms with Crippen LogP contribution in [0.2, 0.25) is 0 Å². The highest BCUT2D eigenvalue weighted by molar-refractivity contribution is 5.73. The van der Waals surface area contributed by atoms with E-state index in [4.69, 9.17) is 5.11 Å². The number of hydrogen-bond acceptors (Lipinski definition) is 2. The van der Waals surface area contributed by atoms with Crippen molar-refractivity contribution in [3.05, 3.63) is 12.2 Å². The van der Waals surface area contributed by atoms with Gasteiger partial charge in [0.25, 0.3) is 0 Å². The molecular weight excluding hydrogens is 166 g/mol. The standard InChI is InChI=1S/C10H15NO2/c1-7(10(12)13)11-8-3-2-4-9(11)6-5-8/h2-3,7-9H,4-6H2,1H3,(H,12,13). The van der Waals surface area contributed by atoms with Crippen molar-refractivity contribution in [2.45, 2.75) is 44.3 Å². The summed E-state index contributed by atoms with van der Waals surface area (Å²) in [6.07, 6.45) is 7.64. The number of nitrogens with zero attached hydrogens (tertiary/aromatic N) is 1. The van der Waals surface area contributed by atoms with Crippen molar-refractivity contribution >= 4 is 5.97 Å². The molecule has 1 N–H and O–H groups in total. The van der Waals surface area contributed by atoms with Crippen LogP contribution in [-0.4, -0.2) is 34.1 Å². The number of aliphatic carboxylic acids is 1. The molecule has 3 unspecified atom stereocenters. The Labute approximate surface area is 78.0 Å². The summed E-state index contributed by atoms with van der Waals surface area (Å²) in [5.41, 5.74) is 0. The van der Waals surface area contributed by atoms with E-state index in [2.05, 4.69) is 17.1 Å². The third-order valence-electron chi connectivity index (χ3n) is 3.17. The molecule has 1 saturated heterocycles. The molecule has 2 heterocycles. The summed E-state index contributed by atoms with van der Waals surface area (Å²) in [5.74, 6) is -0.702. The topological polar surface area (TPSA) is 40.5 Å². The van der Waals surface area contributed by atoms with Crippen molar-refractivity contribution < 1.29 is 9.90 Å². The van der Waals surface area contributed by atoms with Gasteiger partial charge in [-0.3, -0.25) is 9.69 Å². The fraction of sp³-hybridized carbons (Fsp3) is 0.700. The van der Waals surface area contributed by atoms with Gasteiger partial charge in [-0.2, -0.15) is 0 Å². The maximum Gasteiger partial charge on any atom is 0.320 e. The van der Waals surface area contributed by atoms with Crippen LogP contribution >= 0.6 is 0 Å². The highest BCUT2D eigenvalue weighted by Crippen LogP contribution is 2.33. The molecule has 3 nitrogen and oxygen atoms in total. The second-order valence-corrected chi connectivity index (χ2v) is 3.92. The van der Waals surface area contributed by atoms with E-state index in [0.717, 1.165) is 19.3 Å². The Bertz CT molecular complexity index is 249. The molecule has 0 aromatic heterocycles. The fourth-order valence-corrected chi connectivity index (χ4v) is 2.49. The Hall–Kier alpha value is -0.830. The van der Waals surface area contributed by atoms with Gasteiger partial charge in [-0.25, -0.2) is 0 Å². The third-order valence-corrected chi connectivity index (χ3v) is 3.17. The molecule has 0 amide bonds. The van der Waals surface area contributed by atoms with Gasteiger partial charge in [0.05, 0.1) is 0 Å². The summed E-state index contributed by atoms with van der Waals surface area (Å²) in [7, 11) is 0. The largest absolute Gasteiger partial charge is 0.480 e. The summed E-state index contributed by atoms with van der Waals surface area (Å²) >= 11 is 0. The lowest BCUT2D eigenvalue weighted by Gasteiger charge is -2.34. The monoisotopic (exact) mass is 181 g/mol. The van der Waals surface area contributed by atoms with Gasteiger partial charge in [0.2, 0.25) is 0 Å². The third kappa shape index (κ3) is 1.37. The number of hydrogen-bond donors (Lipinski definition) is 1. The summed E-state index contributed by atoms with van der Waals surface area (Å²) in [5, 5.41) is 8.93. The summed E-state index contributed by atoms with van der Waals surface area (Å²) < 4.78 is 0. The number of carbonyl (C=O) groups is 1. The number of fused-ring (bicyclic) bond motifs is 2. The van der Waals surface area contributed by atoms with Crippen molar-refractivity contribution in [1.29, 1.82) is 0 Å². The first-order chi connectivity index (χ1) is 6.20. The molecule has 0 spiro atoms. The zero-order valence-corrected chi connectivity index (χ0v) is 7.81. The van der Waals surface area contributed by atoms with E-state index in [1.807, 2.05) is 0 Å². The highest BCUT2D eigenvalue weighted by atomic mass is 16.4. The fourth-order valence-electron chi connectivity index (χ4n) is 2.49. The Balaban J connectivity index is 2.16. The summed E-state index contributed by atoms with van der Waals surface area (Å²) in [6.45, 7) is 1.78. The summed E-state index contributed by atoms with van der Waals surface area (Å²) in [6, 6.07) is 0.522. The maximum absolute atomic E-state index is 10.9. The average Bonchev–Trinajstić information content (AvgIpc) is 2.34. The van der Waals surface area contributed by atoms with Crippen LogP contribution in [0.4, 0.5) is 0 Å². The molecule has 0 radical (unpaired) electrons. The van der Waals surface area contributed by atoms with Gasteiger partial charge in [0, 0.05) is 12.1 Å². The van der Waals surface area contributed by atoms with Gasteiger partial charge >= 0.3 is 5.97 Å². The second-order valence-electron chi connectivity index (χ2n) is 3.92. The van der Waals surface area contributed by atoms with Gasteiger partial charge < -0.3 is 5.11 Å². The van der Waals surface area contributed by atoms with Crippen molar-refractivity contribution in [1.82, 2.24) is 4.90 Å². The smallest absolute Gasteiger partial charge is 0.320 e. The minimum Gasteiger partial charge on any atom is -0.480 e. The zero-order chi connectivity index (χ0) is 9.42. The van der Waals surface area contributed by atoms with Gasteiger partial charge in [-0.1, -0.05) is 12.2 Å². The minimum absolute atomic E-state index is 0.331. The first-order valence-corrected chi connectivity index (χ1v) is 4.87. The van der Waals surface area contributed by atoms with Crippen LogP contribution in [0.25, 0.3) is 0 Å². The molecule has 0 saturated carbocycles. The molecule has 1 fully saturated rings. The van der Waals surface area contributed by atoms with Crippen molar-refractivity contribution in [3.8, 4) is 0 Å². The second kappa shape index (κ2) is 3.14. The Kier molecular flexibility index (Phi) is 2.12. The lowest BCUT2D eigenvalue weighted by atomic mass is 10.1. The van der Waals surface area contributed by atoms with Crippen LogP contribution in [0.5, 0.6) is 0 Å². The molecular formula is C10H15NO2. The van der Waals surface area contributed by atoms with E-state index < -0.39 is 5.97 Å². The lowest BCUT2D eigenvalue weighted by Crippen LogP contribution is -2.47. The average molecular weight is 181 g/mol. The number of carboxylic acids is 1. The van der Waals surface area contributed by atoms with Crippen molar-refractivity contribution in [2.75, 3.05) is 0 Å². The molecule has 3 heteroatoms. The Morgan fingerprint density at radius 1 is 1.62 bits per heavy atom. The molecule has 13 heavy (non-hydrogen) atoms. The highest BCUT2D eigenvalue weighted by Gasteiger charge is 2.38. The first-order valence-electron chi connectivity index (χ1n) is 4.87. The van der Waals surface area contributed by atoms with E-state index in [0.29, 0.717) is 12.1 Å². The van der Waals surface area contributed by atoms with Crippen LogP contribution < -0.4 is 0 Å². The molecule has 2 rings (SSSR count). The first kappa shape index (κ1) is 8.75. The minimum atomic E-state index is -0.702. The van der Waals surface area contributed by atoms with Gasteiger partial charge in [0.1, 0.15) is 6.04 Å². The molecule has 0 aromatic carbocycles. The van der Waals surface area contributed by atoms with Crippen molar-refractivity contribution in [2.24, 2.45) is 0 Å². The van der Waals surface area contributed by atoms with Crippen LogP contribution in [0, 0.1) is 0 Å². The predicted molar refractivity (Wildman–Crippen MR) is 49.5 cm³/mol. The predicted octanol–water partition coefficient (Wildman–Crippen LogP) is 1.25. The molecule has 2 bridgehead atoms. The Morgan fingerprint density at radius 2 is 2.38 bits per heavy atom. The van der Waals surface area contributed by atoms with E-state index in [1.165, 1.54) is 0 Å². The van der Waals surface area contributed by atoms with Gasteiger partial charge in [0.15, 0.2) is 0 Å². The van der Waals surface area contributed by atoms with E-state index >= 15 is 0 Å². The van der Waals surface area contributed by atoms with Crippen LogP contribution in [0.3, 0.4) is 0 Å². The molecule has 2 aliphatic heterocycles. The molecule has 72 valence electrons. The summed E-state index contributed by atoms with van der Waals surface area (Å²) in [4.78, 5) is 13.0. The zero-order valence-electron chi connectivity index (χ0n) is 7.81. The van der Waals surface area contributed by atoms with Crippen LogP contribution in [0.1, 0.15) is 26.2 Å². The van der Waals surface area contributed by atoms with E-state index in [9.17, 15) is 4.79 Å². The number of rotatable bonds is 2. The van der Waals surface area contributed by atoms with E-state index in [1.54, 1.807) is 6.92 Å². The SMILES string of the molecule is CC(C(=O)O)N1C2C=CCC1CC2. The molecule has 0 aromatic rings. The van der Waals surface area contributed by atoms with Crippen LogP contribution in [0.15, 0.2) is 12.2 Å². The lowest BCUT2D eigenvalue weighted by molar-refractivity contribution is -0.143. The van der Waals surface area contributed by atoms with Gasteiger partial charge in [-0.05, 0) is 26.2 Å². The van der Waals surface area contributed by atoms with Crippen LogP contribution in [-0.2, 0) is 4.79 Å². The number of carboxylic acid groups (broad SMARTS) is 1. The van der Waals surface area contributed by atoms with E-state index in [-0.39, 0.29) is 6.04 Å². The quantitative estimate of drug-likeness (QED) is 0.652. The van der Waals surface area contributed by atoms with Gasteiger partial charge in [-0.15, -0.1) is 0 Å².